The van der Waals surface area contributed by atoms with E-state index in [-0.39, 0.29) is 17.7 Å². The lowest BCUT2D eigenvalue weighted by Gasteiger charge is -2.10. The molecule has 0 bridgehead atoms. The van der Waals surface area contributed by atoms with Gasteiger partial charge in [0, 0.05) is 17.5 Å². The summed E-state index contributed by atoms with van der Waals surface area (Å²) in [5, 5.41) is 0.880. The SMILES string of the molecule is Cc1cc(=O)oc2cc(OCc3ccc(C(=O)OC(C)C)cc3)ccc12. The molecule has 0 unspecified atom stereocenters. The molecule has 0 saturated heterocycles. The predicted molar refractivity (Wildman–Crippen MR) is 98.5 cm³/mol. The van der Waals surface area contributed by atoms with E-state index in [1.165, 1.54) is 6.07 Å². The summed E-state index contributed by atoms with van der Waals surface area (Å²) >= 11 is 0. The van der Waals surface area contributed by atoms with Gasteiger partial charge in [0.15, 0.2) is 0 Å². The maximum atomic E-state index is 11.8. The third-order valence-electron chi connectivity index (χ3n) is 3.86. The third kappa shape index (κ3) is 4.11. The lowest BCUT2D eigenvalue weighted by molar-refractivity contribution is 0.0378. The van der Waals surface area contributed by atoms with Crippen molar-refractivity contribution in [2.75, 3.05) is 0 Å². The van der Waals surface area contributed by atoms with Gasteiger partial charge >= 0.3 is 11.6 Å². The van der Waals surface area contributed by atoms with Crippen molar-refractivity contribution >= 4 is 16.9 Å². The van der Waals surface area contributed by atoms with Gasteiger partial charge in [-0.15, -0.1) is 0 Å². The predicted octanol–water partition coefficient (Wildman–Crippen LogP) is 4.25. The Bertz CT molecular complexity index is 983. The summed E-state index contributed by atoms with van der Waals surface area (Å²) in [6.07, 6.45) is -0.151. The molecule has 3 rings (SSSR count). The molecule has 3 aromatic rings. The first-order valence-corrected chi connectivity index (χ1v) is 8.39. The summed E-state index contributed by atoms with van der Waals surface area (Å²) in [7, 11) is 0. The van der Waals surface area contributed by atoms with Gasteiger partial charge in [0.05, 0.1) is 11.7 Å². The van der Waals surface area contributed by atoms with Crippen LogP contribution < -0.4 is 10.4 Å². The Hall–Kier alpha value is -3.08. The number of ether oxygens (including phenoxy) is 2. The molecule has 1 heterocycles. The molecule has 5 heteroatoms. The molecule has 0 aliphatic carbocycles. The maximum Gasteiger partial charge on any atom is 0.338 e. The van der Waals surface area contributed by atoms with Crippen molar-refractivity contribution in [3.63, 3.8) is 0 Å². The topological polar surface area (TPSA) is 65.7 Å². The molecule has 0 N–H and O–H groups in total. The first-order valence-electron chi connectivity index (χ1n) is 8.39. The van der Waals surface area contributed by atoms with Crippen LogP contribution in [0.4, 0.5) is 0 Å². The van der Waals surface area contributed by atoms with Crippen LogP contribution in [0.2, 0.25) is 0 Å². The largest absolute Gasteiger partial charge is 0.489 e. The molecule has 0 aliphatic rings. The second-order valence-electron chi connectivity index (χ2n) is 6.35. The molecule has 134 valence electrons. The van der Waals surface area contributed by atoms with Gasteiger partial charge in [-0.1, -0.05) is 12.1 Å². The third-order valence-corrected chi connectivity index (χ3v) is 3.86. The number of hydrogen-bond acceptors (Lipinski definition) is 5. The van der Waals surface area contributed by atoms with Crippen LogP contribution >= 0.6 is 0 Å². The number of rotatable bonds is 5. The van der Waals surface area contributed by atoms with Crippen molar-refractivity contribution in [2.45, 2.75) is 33.5 Å². The maximum absolute atomic E-state index is 11.8. The van der Waals surface area contributed by atoms with Crippen molar-refractivity contribution in [2.24, 2.45) is 0 Å². The highest BCUT2D eigenvalue weighted by atomic mass is 16.5. The Morgan fingerprint density at radius 2 is 1.81 bits per heavy atom. The Morgan fingerprint density at radius 3 is 2.50 bits per heavy atom. The van der Waals surface area contributed by atoms with E-state index in [0.29, 0.717) is 23.5 Å². The van der Waals surface area contributed by atoms with Gasteiger partial charge in [-0.25, -0.2) is 9.59 Å². The minimum absolute atomic E-state index is 0.151. The molecule has 0 spiro atoms. The summed E-state index contributed by atoms with van der Waals surface area (Å²) in [6.45, 7) is 5.83. The number of carbonyl (C=O) groups is 1. The van der Waals surface area contributed by atoms with E-state index in [0.717, 1.165) is 16.5 Å². The summed E-state index contributed by atoms with van der Waals surface area (Å²) in [5.41, 5.74) is 2.41. The second kappa shape index (κ2) is 7.44. The summed E-state index contributed by atoms with van der Waals surface area (Å²) < 4.78 is 16.1. The summed E-state index contributed by atoms with van der Waals surface area (Å²) in [4.78, 5) is 23.3. The molecule has 0 fully saturated rings. The molecule has 1 aromatic heterocycles. The van der Waals surface area contributed by atoms with E-state index in [4.69, 9.17) is 13.9 Å². The number of aryl methyl sites for hydroxylation is 1. The lowest BCUT2D eigenvalue weighted by atomic mass is 10.1. The molecule has 26 heavy (non-hydrogen) atoms. The average Bonchev–Trinajstić information content (AvgIpc) is 2.59. The van der Waals surface area contributed by atoms with Crippen molar-refractivity contribution < 1.29 is 18.7 Å². The quantitative estimate of drug-likeness (QED) is 0.507. The summed E-state index contributed by atoms with van der Waals surface area (Å²) in [5.74, 6) is 0.266. The molecule has 0 atom stereocenters. The molecule has 2 aromatic carbocycles. The van der Waals surface area contributed by atoms with Gasteiger partial charge in [-0.3, -0.25) is 0 Å². The Labute approximate surface area is 151 Å². The van der Waals surface area contributed by atoms with E-state index in [1.807, 2.05) is 45.0 Å². The minimum atomic E-state index is -0.379. The number of fused-ring (bicyclic) bond motifs is 1. The van der Waals surface area contributed by atoms with Crippen molar-refractivity contribution in [3.8, 4) is 5.75 Å². The zero-order valence-corrected chi connectivity index (χ0v) is 14.9. The van der Waals surface area contributed by atoms with Crippen LogP contribution in [-0.2, 0) is 11.3 Å². The van der Waals surface area contributed by atoms with Crippen LogP contribution in [0.1, 0.15) is 35.3 Å². The molecule has 0 aliphatic heterocycles. The van der Waals surface area contributed by atoms with Crippen LogP contribution in [-0.4, -0.2) is 12.1 Å². The monoisotopic (exact) mass is 352 g/mol. The van der Waals surface area contributed by atoms with Crippen LogP contribution in [0.15, 0.2) is 57.7 Å². The Balaban J connectivity index is 1.70. The summed E-state index contributed by atoms with van der Waals surface area (Å²) in [6, 6.07) is 14.0. The van der Waals surface area contributed by atoms with Crippen LogP contribution in [0.5, 0.6) is 5.75 Å². The zero-order chi connectivity index (χ0) is 18.7. The Kier molecular flexibility index (Phi) is 5.07. The van der Waals surface area contributed by atoms with E-state index in [9.17, 15) is 9.59 Å². The molecule has 0 radical (unpaired) electrons. The lowest BCUT2D eigenvalue weighted by Crippen LogP contribution is -2.11. The van der Waals surface area contributed by atoms with Crippen LogP contribution in [0.3, 0.4) is 0 Å². The molecule has 0 amide bonds. The van der Waals surface area contributed by atoms with E-state index >= 15 is 0 Å². The highest BCUT2D eigenvalue weighted by Gasteiger charge is 2.09. The van der Waals surface area contributed by atoms with Crippen molar-refractivity contribution in [1.82, 2.24) is 0 Å². The van der Waals surface area contributed by atoms with Gasteiger partial charge in [-0.05, 0) is 56.2 Å². The zero-order valence-electron chi connectivity index (χ0n) is 14.9. The molecule has 5 nitrogen and oxygen atoms in total. The first-order chi connectivity index (χ1) is 12.4. The van der Waals surface area contributed by atoms with Gasteiger partial charge in [-0.2, -0.15) is 0 Å². The van der Waals surface area contributed by atoms with E-state index in [2.05, 4.69) is 0 Å². The van der Waals surface area contributed by atoms with Gasteiger partial charge in [0.25, 0.3) is 0 Å². The fourth-order valence-corrected chi connectivity index (χ4v) is 2.58. The average molecular weight is 352 g/mol. The fraction of sp³-hybridized carbons (Fsp3) is 0.238. The number of esters is 1. The molecular weight excluding hydrogens is 332 g/mol. The number of benzene rings is 2. The Morgan fingerprint density at radius 1 is 1.08 bits per heavy atom. The van der Waals surface area contributed by atoms with Crippen LogP contribution in [0, 0.1) is 6.92 Å². The van der Waals surface area contributed by atoms with Crippen LogP contribution in [0.25, 0.3) is 11.0 Å². The first kappa shape index (κ1) is 17.7. The van der Waals surface area contributed by atoms with E-state index < -0.39 is 0 Å². The van der Waals surface area contributed by atoms with Crippen molar-refractivity contribution in [1.29, 1.82) is 0 Å². The van der Waals surface area contributed by atoms with Gasteiger partial charge in [0.2, 0.25) is 0 Å². The minimum Gasteiger partial charge on any atom is -0.489 e. The van der Waals surface area contributed by atoms with Crippen molar-refractivity contribution in [3.05, 3.63) is 75.6 Å². The normalized spacial score (nSPS) is 10.9. The fourth-order valence-electron chi connectivity index (χ4n) is 2.58. The second-order valence-corrected chi connectivity index (χ2v) is 6.35. The molecule has 0 saturated carbocycles. The number of carbonyl (C=O) groups excluding carboxylic acids is 1. The molecular formula is C21H20O5. The highest BCUT2D eigenvalue weighted by Crippen LogP contribution is 2.23. The standard InChI is InChI=1S/C21H20O5/c1-13(2)25-21(23)16-6-4-15(5-7-16)12-24-17-8-9-18-14(3)10-20(22)26-19(18)11-17/h4-11,13H,12H2,1-3H3. The van der Waals surface area contributed by atoms with Gasteiger partial charge < -0.3 is 13.9 Å². The highest BCUT2D eigenvalue weighted by molar-refractivity contribution is 5.89. The van der Waals surface area contributed by atoms with Gasteiger partial charge in [0.1, 0.15) is 17.9 Å². The number of hydrogen-bond donors (Lipinski definition) is 0. The smallest absolute Gasteiger partial charge is 0.338 e. The van der Waals surface area contributed by atoms with E-state index in [1.54, 1.807) is 18.2 Å².